The summed E-state index contributed by atoms with van der Waals surface area (Å²) in [6.45, 7) is 3.08. The molecular formula is C18H21N3O7. The second-order valence-corrected chi connectivity index (χ2v) is 6.89. The predicted molar refractivity (Wildman–Crippen MR) is 97.1 cm³/mol. The summed E-state index contributed by atoms with van der Waals surface area (Å²) in [7, 11) is 0. The normalized spacial score (nSPS) is 19.3. The lowest BCUT2D eigenvalue weighted by Crippen LogP contribution is -2.35. The van der Waals surface area contributed by atoms with Gasteiger partial charge in [-0.3, -0.25) is 14.9 Å². The van der Waals surface area contributed by atoms with Gasteiger partial charge in [0.25, 0.3) is 11.6 Å². The molecule has 0 bridgehead atoms. The molecule has 10 heteroatoms. The van der Waals surface area contributed by atoms with Crippen LogP contribution in [0, 0.1) is 16.0 Å². The molecule has 150 valence electrons. The molecule has 0 aromatic heterocycles. The molecule has 2 fully saturated rings. The number of esters is 1. The standard InChI is InChI=1S/C18H21N3O7/c1-12-3-2-6-19(10-12)14-5-4-13(9-15(14)21(25)26)17(23)28-11-16(22)20-7-8-27-18(20)24/h4-5,9,12H,2-3,6-8,10-11H2,1H3/t12-/m0/s1. The molecule has 28 heavy (non-hydrogen) atoms. The van der Waals surface area contributed by atoms with Crippen LogP contribution in [0.3, 0.4) is 0 Å². The van der Waals surface area contributed by atoms with Gasteiger partial charge in [0.15, 0.2) is 6.61 Å². The van der Waals surface area contributed by atoms with Crippen molar-refractivity contribution in [1.82, 2.24) is 4.90 Å². The monoisotopic (exact) mass is 391 g/mol. The fourth-order valence-electron chi connectivity index (χ4n) is 3.38. The number of hydrogen-bond donors (Lipinski definition) is 0. The highest BCUT2D eigenvalue weighted by atomic mass is 16.6. The summed E-state index contributed by atoms with van der Waals surface area (Å²) in [4.78, 5) is 49.2. The van der Waals surface area contributed by atoms with E-state index in [9.17, 15) is 24.5 Å². The third kappa shape index (κ3) is 4.21. The molecule has 2 aliphatic heterocycles. The molecule has 0 radical (unpaired) electrons. The van der Waals surface area contributed by atoms with E-state index in [0.29, 0.717) is 18.2 Å². The molecule has 0 aliphatic carbocycles. The maximum atomic E-state index is 12.2. The third-order valence-electron chi connectivity index (χ3n) is 4.79. The molecule has 2 aliphatic rings. The lowest BCUT2D eigenvalue weighted by molar-refractivity contribution is -0.384. The fraction of sp³-hybridized carbons (Fsp3) is 0.500. The van der Waals surface area contributed by atoms with Crippen molar-refractivity contribution < 1.29 is 28.8 Å². The van der Waals surface area contributed by atoms with E-state index in [1.165, 1.54) is 12.1 Å². The summed E-state index contributed by atoms with van der Waals surface area (Å²) in [6.07, 6.45) is 1.24. The van der Waals surface area contributed by atoms with E-state index in [1.807, 2.05) is 4.90 Å². The molecule has 1 aromatic carbocycles. The van der Waals surface area contributed by atoms with Gasteiger partial charge in [-0.1, -0.05) is 6.92 Å². The van der Waals surface area contributed by atoms with Crippen LogP contribution < -0.4 is 4.90 Å². The summed E-state index contributed by atoms with van der Waals surface area (Å²) >= 11 is 0. The molecule has 0 saturated carbocycles. The number of amides is 2. The molecule has 2 heterocycles. The zero-order valence-corrected chi connectivity index (χ0v) is 15.5. The van der Waals surface area contributed by atoms with Gasteiger partial charge >= 0.3 is 12.1 Å². The molecule has 3 rings (SSSR count). The van der Waals surface area contributed by atoms with Crippen molar-refractivity contribution in [2.24, 2.45) is 5.92 Å². The Bertz CT molecular complexity index is 810. The second kappa shape index (κ2) is 8.24. The summed E-state index contributed by atoms with van der Waals surface area (Å²) in [5.41, 5.74) is 0.249. The number of imide groups is 1. The first kappa shape index (κ1) is 19.6. The van der Waals surface area contributed by atoms with Gasteiger partial charge in [0.1, 0.15) is 12.3 Å². The Hall–Kier alpha value is -3.17. The highest BCUT2D eigenvalue weighted by Crippen LogP contribution is 2.32. The van der Waals surface area contributed by atoms with E-state index in [1.54, 1.807) is 0 Å². The molecule has 1 aromatic rings. The van der Waals surface area contributed by atoms with E-state index >= 15 is 0 Å². The summed E-state index contributed by atoms with van der Waals surface area (Å²) in [5.74, 6) is -1.15. The highest BCUT2D eigenvalue weighted by molar-refractivity contribution is 5.96. The highest BCUT2D eigenvalue weighted by Gasteiger charge is 2.30. The Labute approximate surface area is 161 Å². The first-order valence-electron chi connectivity index (χ1n) is 9.04. The Balaban J connectivity index is 1.70. The number of anilines is 1. The van der Waals surface area contributed by atoms with E-state index in [2.05, 4.69) is 11.7 Å². The Morgan fingerprint density at radius 3 is 2.79 bits per heavy atom. The zero-order valence-electron chi connectivity index (χ0n) is 15.5. The zero-order chi connectivity index (χ0) is 20.3. The van der Waals surface area contributed by atoms with E-state index < -0.39 is 29.5 Å². The minimum Gasteiger partial charge on any atom is -0.452 e. The van der Waals surface area contributed by atoms with Gasteiger partial charge in [0.2, 0.25) is 0 Å². The average molecular weight is 391 g/mol. The molecule has 10 nitrogen and oxygen atoms in total. The molecule has 2 amide bonds. The van der Waals surface area contributed by atoms with Crippen LogP contribution >= 0.6 is 0 Å². The number of carbonyl (C=O) groups is 3. The Morgan fingerprint density at radius 1 is 1.36 bits per heavy atom. The average Bonchev–Trinajstić information content (AvgIpc) is 3.11. The van der Waals surface area contributed by atoms with Gasteiger partial charge in [-0.25, -0.2) is 14.5 Å². The van der Waals surface area contributed by atoms with Gasteiger partial charge in [-0.05, 0) is 30.9 Å². The van der Waals surface area contributed by atoms with Crippen molar-refractivity contribution in [3.8, 4) is 0 Å². The number of ether oxygens (including phenoxy) is 2. The number of hydrogen-bond acceptors (Lipinski definition) is 8. The molecule has 0 spiro atoms. The quantitative estimate of drug-likeness (QED) is 0.424. The third-order valence-corrected chi connectivity index (χ3v) is 4.79. The van der Waals surface area contributed by atoms with Crippen LogP contribution in [0.5, 0.6) is 0 Å². The van der Waals surface area contributed by atoms with Crippen LogP contribution in [-0.2, 0) is 14.3 Å². The van der Waals surface area contributed by atoms with Crippen molar-refractivity contribution in [2.75, 3.05) is 37.7 Å². The van der Waals surface area contributed by atoms with E-state index in [0.717, 1.165) is 30.4 Å². The van der Waals surface area contributed by atoms with Crippen LogP contribution in [0.2, 0.25) is 0 Å². The van der Waals surface area contributed by atoms with Crippen LogP contribution in [0.4, 0.5) is 16.2 Å². The summed E-state index contributed by atoms with van der Waals surface area (Å²) in [6, 6.07) is 4.14. The lowest BCUT2D eigenvalue weighted by atomic mass is 9.99. The van der Waals surface area contributed by atoms with Crippen LogP contribution in [0.25, 0.3) is 0 Å². The topological polar surface area (TPSA) is 119 Å². The number of carbonyl (C=O) groups excluding carboxylic acids is 3. The number of rotatable bonds is 5. The number of benzene rings is 1. The van der Waals surface area contributed by atoms with Gasteiger partial charge in [-0.2, -0.15) is 0 Å². The van der Waals surface area contributed by atoms with Crippen molar-refractivity contribution in [1.29, 1.82) is 0 Å². The summed E-state index contributed by atoms with van der Waals surface area (Å²) in [5, 5.41) is 11.5. The predicted octanol–water partition coefficient (Wildman–Crippen LogP) is 1.97. The van der Waals surface area contributed by atoms with Crippen molar-refractivity contribution in [3.63, 3.8) is 0 Å². The Morgan fingerprint density at radius 2 is 2.14 bits per heavy atom. The van der Waals surface area contributed by atoms with Gasteiger partial charge in [0, 0.05) is 19.2 Å². The Kier molecular flexibility index (Phi) is 5.76. The second-order valence-electron chi connectivity index (χ2n) is 6.89. The van der Waals surface area contributed by atoms with Crippen LogP contribution in [0.15, 0.2) is 18.2 Å². The van der Waals surface area contributed by atoms with Gasteiger partial charge in [-0.15, -0.1) is 0 Å². The molecule has 2 saturated heterocycles. The SMILES string of the molecule is C[C@H]1CCCN(c2ccc(C(=O)OCC(=O)N3CCOC3=O)cc2[N+](=O)[O-])C1. The van der Waals surface area contributed by atoms with Crippen molar-refractivity contribution in [3.05, 3.63) is 33.9 Å². The van der Waals surface area contributed by atoms with E-state index in [-0.39, 0.29) is 24.4 Å². The van der Waals surface area contributed by atoms with Gasteiger partial charge in [0.05, 0.1) is 17.0 Å². The van der Waals surface area contributed by atoms with Gasteiger partial charge < -0.3 is 14.4 Å². The lowest BCUT2D eigenvalue weighted by Gasteiger charge is -2.32. The minimum atomic E-state index is -0.873. The maximum Gasteiger partial charge on any atom is 0.416 e. The minimum absolute atomic E-state index is 0.0303. The van der Waals surface area contributed by atoms with Crippen LogP contribution in [0.1, 0.15) is 30.1 Å². The van der Waals surface area contributed by atoms with Crippen molar-refractivity contribution in [2.45, 2.75) is 19.8 Å². The molecule has 1 atom stereocenters. The fourth-order valence-corrected chi connectivity index (χ4v) is 3.38. The number of nitro benzene ring substituents is 1. The number of nitrogens with zero attached hydrogens (tertiary/aromatic N) is 3. The number of nitro groups is 1. The summed E-state index contributed by atoms with van der Waals surface area (Å²) < 4.78 is 9.56. The molecular weight excluding hydrogens is 370 g/mol. The van der Waals surface area contributed by atoms with E-state index in [4.69, 9.17) is 4.74 Å². The van der Waals surface area contributed by atoms with Crippen molar-refractivity contribution >= 4 is 29.3 Å². The first-order valence-corrected chi connectivity index (χ1v) is 9.04. The number of piperidine rings is 1. The largest absolute Gasteiger partial charge is 0.452 e. The van der Waals surface area contributed by atoms with Crippen LogP contribution in [-0.4, -0.2) is 60.6 Å². The molecule has 0 N–H and O–H groups in total. The smallest absolute Gasteiger partial charge is 0.416 e. The maximum absolute atomic E-state index is 12.2. The number of cyclic esters (lactones) is 1. The first-order chi connectivity index (χ1) is 13.4. The molecule has 0 unspecified atom stereocenters.